The molecule has 0 bridgehead atoms. The Hall–Kier alpha value is -1.74. The van der Waals surface area contributed by atoms with E-state index < -0.39 is 5.82 Å². The average Bonchev–Trinajstić information content (AvgIpc) is 2.37. The molecule has 0 atom stereocenters. The van der Waals surface area contributed by atoms with Crippen LogP contribution in [0.2, 0.25) is 5.02 Å². The highest BCUT2D eigenvalue weighted by Gasteiger charge is 2.30. The highest BCUT2D eigenvalue weighted by molar-refractivity contribution is 6.30. The van der Waals surface area contributed by atoms with Gasteiger partial charge in [0.15, 0.2) is 11.6 Å². The van der Waals surface area contributed by atoms with Crippen LogP contribution >= 0.6 is 11.6 Å². The molecule has 0 heterocycles. The Morgan fingerprint density at radius 3 is 2.65 bits per heavy atom. The summed E-state index contributed by atoms with van der Waals surface area (Å²) in [6, 6.07) is 12.6. The molecule has 4 heteroatoms. The zero-order valence-corrected chi connectivity index (χ0v) is 11.6. The fourth-order valence-corrected chi connectivity index (χ4v) is 2.80. The molecule has 2 aromatic carbocycles. The zero-order chi connectivity index (χ0) is 14.1. The van der Waals surface area contributed by atoms with Crippen molar-refractivity contribution >= 4 is 17.3 Å². The van der Waals surface area contributed by atoms with Crippen LogP contribution in [-0.4, -0.2) is 11.1 Å². The highest BCUT2D eigenvalue weighted by Crippen LogP contribution is 2.39. The number of hydrogen-bond acceptors (Lipinski definition) is 2. The van der Waals surface area contributed by atoms with Crippen molar-refractivity contribution in [2.24, 2.45) is 0 Å². The van der Waals surface area contributed by atoms with Gasteiger partial charge in [0.05, 0.1) is 0 Å². The Morgan fingerprint density at radius 1 is 1.15 bits per heavy atom. The third kappa shape index (κ3) is 2.73. The van der Waals surface area contributed by atoms with Crippen molar-refractivity contribution in [3.05, 3.63) is 58.9 Å². The van der Waals surface area contributed by atoms with Gasteiger partial charge in [-0.25, -0.2) is 4.39 Å². The van der Waals surface area contributed by atoms with Gasteiger partial charge in [0.25, 0.3) is 0 Å². The van der Waals surface area contributed by atoms with Gasteiger partial charge in [0, 0.05) is 22.8 Å². The number of nitrogens with one attached hydrogen (secondary N) is 1. The summed E-state index contributed by atoms with van der Waals surface area (Å²) < 4.78 is 13.2. The Labute approximate surface area is 122 Å². The molecule has 2 nitrogen and oxygen atoms in total. The smallest absolute Gasteiger partial charge is 0.166 e. The van der Waals surface area contributed by atoms with E-state index in [4.69, 9.17) is 16.7 Å². The van der Waals surface area contributed by atoms with Crippen molar-refractivity contribution in [1.82, 2.24) is 0 Å². The normalized spacial score (nSPS) is 21.3. The van der Waals surface area contributed by atoms with E-state index in [1.165, 1.54) is 17.7 Å². The molecule has 0 radical (unpaired) electrons. The van der Waals surface area contributed by atoms with Crippen LogP contribution in [0.15, 0.2) is 42.5 Å². The van der Waals surface area contributed by atoms with Gasteiger partial charge in [0.1, 0.15) is 0 Å². The van der Waals surface area contributed by atoms with Crippen LogP contribution in [0.1, 0.15) is 24.3 Å². The maximum Gasteiger partial charge on any atom is 0.166 e. The number of aromatic hydroxyl groups is 1. The summed E-state index contributed by atoms with van der Waals surface area (Å²) in [5, 5.41) is 13.2. The predicted molar refractivity (Wildman–Crippen MR) is 78.9 cm³/mol. The number of benzene rings is 2. The summed E-state index contributed by atoms with van der Waals surface area (Å²) in [5.74, 6) is -0.408. The van der Waals surface area contributed by atoms with Gasteiger partial charge >= 0.3 is 0 Å². The lowest BCUT2D eigenvalue weighted by molar-refractivity contribution is 0.374. The van der Waals surface area contributed by atoms with Gasteiger partial charge in [0.2, 0.25) is 0 Å². The van der Waals surface area contributed by atoms with Crippen molar-refractivity contribution < 1.29 is 9.50 Å². The molecular weight excluding hydrogens is 277 g/mol. The third-order valence-electron chi connectivity index (χ3n) is 3.78. The Balaban J connectivity index is 1.59. The van der Waals surface area contributed by atoms with Crippen LogP contribution < -0.4 is 5.32 Å². The second kappa shape index (κ2) is 5.33. The maximum atomic E-state index is 13.2. The predicted octanol–water partition coefficient (Wildman–Crippen LogP) is 4.54. The minimum atomic E-state index is -0.597. The molecule has 1 aliphatic rings. The van der Waals surface area contributed by atoms with E-state index in [-0.39, 0.29) is 5.75 Å². The van der Waals surface area contributed by atoms with Crippen molar-refractivity contribution in [3.8, 4) is 5.75 Å². The van der Waals surface area contributed by atoms with Crippen LogP contribution in [-0.2, 0) is 0 Å². The first-order valence-electron chi connectivity index (χ1n) is 6.62. The summed E-state index contributed by atoms with van der Waals surface area (Å²) >= 11 is 5.99. The zero-order valence-electron chi connectivity index (χ0n) is 10.8. The maximum absolute atomic E-state index is 13.2. The molecular formula is C16H15ClFNO. The lowest BCUT2D eigenvalue weighted by atomic mass is 9.76. The number of halogens is 2. The summed E-state index contributed by atoms with van der Waals surface area (Å²) in [7, 11) is 0. The first-order valence-corrected chi connectivity index (χ1v) is 7.00. The molecule has 3 rings (SSSR count). The second-order valence-corrected chi connectivity index (χ2v) is 5.67. The summed E-state index contributed by atoms with van der Waals surface area (Å²) in [5.41, 5.74) is 1.96. The number of phenolic OH excluding ortho intramolecular Hbond substituents is 1. The van der Waals surface area contributed by atoms with Crippen LogP contribution in [0.5, 0.6) is 5.75 Å². The quantitative estimate of drug-likeness (QED) is 0.814. The lowest BCUT2D eigenvalue weighted by Gasteiger charge is -2.37. The van der Waals surface area contributed by atoms with E-state index in [1.54, 1.807) is 6.07 Å². The third-order valence-corrected chi connectivity index (χ3v) is 4.01. The molecule has 0 aliphatic heterocycles. The van der Waals surface area contributed by atoms with Crippen LogP contribution in [0.4, 0.5) is 10.1 Å². The molecule has 1 aliphatic carbocycles. The second-order valence-electron chi connectivity index (χ2n) is 5.23. The number of phenols is 1. The van der Waals surface area contributed by atoms with Gasteiger partial charge in [-0.3, -0.25) is 0 Å². The van der Waals surface area contributed by atoms with Crippen LogP contribution in [0.3, 0.4) is 0 Å². The molecule has 0 amide bonds. The molecule has 1 saturated carbocycles. The number of hydrogen-bond donors (Lipinski definition) is 2. The van der Waals surface area contributed by atoms with Crippen molar-refractivity contribution in [2.75, 3.05) is 5.32 Å². The van der Waals surface area contributed by atoms with E-state index in [2.05, 4.69) is 11.4 Å². The molecule has 1 fully saturated rings. The van der Waals surface area contributed by atoms with Gasteiger partial charge < -0.3 is 10.4 Å². The van der Waals surface area contributed by atoms with Gasteiger partial charge in [-0.2, -0.15) is 0 Å². The first kappa shape index (κ1) is 13.3. The van der Waals surface area contributed by atoms with Crippen LogP contribution in [0.25, 0.3) is 0 Å². The van der Waals surface area contributed by atoms with Crippen molar-refractivity contribution in [1.29, 1.82) is 0 Å². The van der Waals surface area contributed by atoms with Crippen molar-refractivity contribution in [2.45, 2.75) is 24.8 Å². The lowest BCUT2D eigenvalue weighted by Crippen LogP contribution is -2.34. The Kier molecular flexibility index (Phi) is 3.53. The molecule has 104 valence electrons. The largest absolute Gasteiger partial charge is 0.505 e. The van der Waals surface area contributed by atoms with Crippen molar-refractivity contribution in [3.63, 3.8) is 0 Å². The fraction of sp³-hybridized carbons (Fsp3) is 0.250. The molecule has 0 spiro atoms. The minimum Gasteiger partial charge on any atom is -0.505 e. The summed E-state index contributed by atoms with van der Waals surface area (Å²) in [6.45, 7) is 0. The van der Waals surface area contributed by atoms with E-state index in [0.29, 0.717) is 17.6 Å². The van der Waals surface area contributed by atoms with Gasteiger partial charge in [-0.1, -0.05) is 23.7 Å². The first-order chi connectivity index (χ1) is 9.61. The minimum absolute atomic E-state index is 0.319. The summed E-state index contributed by atoms with van der Waals surface area (Å²) in [6.07, 6.45) is 2.01. The Bertz CT molecular complexity index is 626. The van der Waals surface area contributed by atoms with E-state index >= 15 is 0 Å². The molecule has 20 heavy (non-hydrogen) atoms. The number of anilines is 1. The Morgan fingerprint density at radius 2 is 1.95 bits per heavy atom. The van der Waals surface area contributed by atoms with E-state index in [9.17, 15) is 4.39 Å². The molecule has 2 aromatic rings. The average molecular weight is 292 g/mol. The molecule has 0 unspecified atom stereocenters. The molecule has 0 saturated heterocycles. The molecule has 2 N–H and O–H groups in total. The highest BCUT2D eigenvalue weighted by atomic mass is 35.5. The van der Waals surface area contributed by atoms with Crippen LogP contribution in [0, 0.1) is 5.82 Å². The fourth-order valence-electron chi connectivity index (χ4n) is 2.60. The van der Waals surface area contributed by atoms with Gasteiger partial charge in [-0.15, -0.1) is 0 Å². The topological polar surface area (TPSA) is 32.3 Å². The number of rotatable bonds is 3. The van der Waals surface area contributed by atoms with Gasteiger partial charge in [-0.05, 0) is 48.6 Å². The van der Waals surface area contributed by atoms with E-state index in [1.807, 2.05) is 18.2 Å². The SMILES string of the molecule is Oc1ccc(NC2CC(c3cccc(Cl)c3)C2)cc1F. The standard InChI is InChI=1S/C16H15ClFNO/c17-12-3-1-2-10(6-12)11-7-14(8-11)19-13-4-5-16(20)15(18)9-13/h1-6,9,11,14,19-20H,7-8H2. The molecule has 0 aromatic heterocycles. The van der Waals surface area contributed by atoms with E-state index in [0.717, 1.165) is 17.9 Å². The summed E-state index contributed by atoms with van der Waals surface area (Å²) in [4.78, 5) is 0. The monoisotopic (exact) mass is 291 g/mol.